The van der Waals surface area contributed by atoms with Crippen molar-refractivity contribution in [3.63, 3.8) is 0 Å². The highest BCUT2D eigenvalue weighted by atomic mass is 32.2. The summed E-state index contributed by atoms with van der Waals surface area (Å²) in [7, 11) is 0. The lowest BCUT2D eigenvalue weighted by atomic mass is 10.1. The summed E-state index contributed by atoms with van der Waals surface area (Å²) in [5.41, 5.74) is 1.02. The molecule has 22 heavy (non-hydrogen) atoms. The Bertz CT molecular complexity index is 555. The Hall–Kier alpha value is -2.02. The normalized spacial score (nSPS) is 13.5. The molecule has 118 valence electrons. The van der Waals surface area contributed by atoms with E-state index in [9.17, 15) is 14.4 Å². The van der Waals surface area contributed by atoms with Gasteiger partial charge in [-0.25, -0.2) is 0 Å². The highest BCUT2D eigenvalue weighted by Crippen LogP contribution is 2.19. The molecule has 1 aromatic carbocycles. The van der Waals surface area contributed by atoms with Gasteiger partial charge < -0.3 is 15.7 Å². The molecule has 0 radical (unpaired) electrons. The molecular weight excluding hydrogens is 304 g/mol. The van der Waals surface area contributed by atoms with Gasteiger partial charge >= 0.3 is 5.97 Å². The lowest BCUT2D eigenvalue weighted by Crippen LogP contribution is -2.27. The average Bonchev–Trinajstić information content (AvgIpc) is 3.30. The second kappa shape index (κ2) is 7.84. The Morgan fingerprint density at radius 3 is 2.23 bits per heavy atom. The first kappa shape index (κ1) is 16.4. The fraction of sp³-hybridized carbons (Fsp3) is 0.400. The molecule has 0 aromatic heterocycles. The molecule has 0 atom stereocenters. The van der Waals surface area contributed by atoms with Crippen molar-refractivity contribution in [2.75, 3.05) is 18.1 Å². The van der Waals surface area contributed by atoms with Crippen LogP contribution in [0.3, 0.4) is 0 Å². The number of amides is 2. The van der Waals surface area contributed by atoms with Crippen LogP contribution < -0.4 is 10.6 Å². The van der Waals surface area contributed by atoms with Crippen molar-refractivity contribution in [2.45, 2.75) is 18.9 Å². The van der Waals surface area contributed by atoms with E-state index in [0.717, 1.165) is 12.8 Å². The number of carbonyl (C=O) groups excluding carboxylic acids is 2. The first-order valence-electron chi connectivity index (χ1n) is 7.05. The molecule has 1 aromatic rings. The summed E-state index contributed by atoms with van der Waals surface area (Å²) in [6.07, 6.45) is 2.07. The van der Waals surface area contributed by atoms with Crippen molar-refractivity contribution < 1.29 is 19.5 Å². The van der Waals surface area contributed by atoms with E-state index in [1.165, 1.54) is 11.8 Å². The van der Waals surface area contributed by atoms with Gasteiger partial charge in [0.15, 0.2) is 0 Å². The van der Waals surface area contributed by atoms with E-state index in [1.807, 2.05) is 0 Å². The Morgan fingerprint density at radius 1 is 1.09 bits per heavy atom. The fourth-order valence-corrected chi connectivity index (χ4v) is 2.33. The third kappa shape index (κ3) is 5.40. The summed E-state index contributed by atoms with van der Waals surface area (Å²) >= 11 is 1.25. The molecular formula is C15H18N2O4S. The number of benzene rings is 1. The fourth-order valence-electron chi connectivity index (χ4n) is 1.77. The van der Waals surface area contributed by atoms with Crippen molar-refractivity contribution in [3.8, 4) is 0 Å². The van der Waals surface area contributed by atoms with Crippen LogP contribution in [0.4, 0.5) is 0 Å². The topological polar surface area (TPSA) is 95.5 Å². The summed E-state index contributed by atoms with van der Waals surface area (Å²) in [5, 5.41) is 14.1. The van der Waals surface area contributed by atoms with Crippen LogP contribution >= 0.6 is 11.8 Å². The first-order valence-corrected chi connectivity index (χ1v) is 8.20. The van der Waals surface area contributed by atoms with Crippen LogP contribution in [0.25, 0.3) is 0 Å². The van der Waals surface area contributed by atoms with Crippen LogP contribution in [0.5, 0.6) is 0 Å². The number of nitrogens with one attached hydrogen (secondary N) is 2. The number of hydrogen-bond acceptors (Lipinski definition) is 4. The molecule has 0 heterocycles. The second-order valence-electron chi connectivity index (χ2n) is 5.03. The van der Waals surface area contributed by atoms with E-state index >= 15 is 0 Å². The smallest absolute Gasteiger partial charge is 0.313 e. The Labute approximate surface area is 132 Å². The zero-order valence-electron chi connectivity index (χ0n) is 12.0. The molecule has 1 aliphatic carbocycles. The number of aliphatic carboxylic acids is 1. The van der Waals surface area contributed by atoms with E-state index in [0.29, 0.717) is 29.5 Å². The van der Waals surface area contributed by atoms with Crippen molar-refractivity contribution >= 4 is 29.5 Å². The van der Waals surface area contributed by atoms with Crippen LogP contribution in [-0.2, 0) is 4.79 Å². The molecule has 1 aliphatic rings. The predicted octanol–water partition coefficient (Wildman–Crippen LogP) is 1.13. The molecule has 7 heteroatoms. The van der Waals surface area contributed by atoms with Crippen LogP contribution in [0.15, 0.2) is 24.3 Å². The van der Waals surface area contributed by atoms with Gasteiger partial charge in [-0.3, -0.25) is 14.4 Å². The summed E-state index contributed by atoms with van der Waals surface area (Å²) in [6, 6.07) is 6.79. The van der Waals surface area contributed by atoms with Gasteiger partial charge in [0.1, 0.15) is 0 Å². The van der Waals surface area contributed by atoms with E-state index in [-0.39, 0.29) is 17.6 Å². The van der Waals surface area contributed by atoms with E-state index < -0.39 is 5.97 Å². The number of carboxylic acid groups (broad SMARTS) is 1. The Balaban J connectivity index is 1.75. The van der Waals surface area contributed by atoms with Gasteiger partial charge in [-0.15, -0.1) is 11.8 Å². The lowest BCUT2D eigenvalue weighted by molar-refractivity contribution is -0.133. The summed E-state index contributed by atoms with van der Waals surface area (Å²) in [4.78, 5) is 34.0. The highest BCUT2D eigenvalue weighted by molar-refractivity contribution is 7.99. The first-order chi connectivity index (χ1) is 10.6. The average molecular weight is 322 g/mol. The standard InChI is InChI=1S/C15H18N2O4S/c18-13(19)9-22-8-7-16-14(20)10-1-3-11(4-2-10)15(21)17-12-5-6-12/h1-4,12H,5-9H2,(H,16,20)(H,17,21)(H,18,19). The minimum absolute atomic E-state index is 0.0284. The Kier molecular flexibility index (Phi) is 5.83. The molecule has 0 spiro atoms. The molecule has 6 nitrogen and oxygen atoms in total. The second-order valence-corrected chi connectivity index (χ2v) is 6.13. The number of rotatable bonds is 8. The number of carboxylic acids is 1. The van der Waals surface area contributed by atoms with Crippen molar-refractivity contribution in [3.05, 3.63) is 35.4 Å². The van der Waals surface area contributed by atoms with Gasteiger partial charge in [-0.05, 0) is 37.1 Å². The summed E-state index contributed by atoms with van der Waals surface area (Å²) < 4.78 is 0. The van der Waals surface area contributed by atoms with Gasteiger partial charge in [0.05, 0.1) is 5.75 Å². The Morgan fingerprint density at radius 2 is 1.68 bits per heavy atom. The number of hydrogen-bond donors (Lipinski definition) is 3. The van der Waals surface area contributed by atoms with Gasteiger partial charge in [-0.1, -0.05) is 0 Å². The number of thioether (sulfide) groups is 1. The molecule has 3 N–H and O–H groups in total. The van der Waals surface area contributed by atoms with Gasteiger partial charge in [-0.2, -0.15) is 0 Å². The maximum Gasteiger partial charge on any atom is 0.313 e. The van der Waals surface area contributed by atoms with Crippen LogP contribution in [0.1, 0.15) is 33.6 Å². The van der Waals surface area contributed by atoms with Gasteiger partial charge in [0.2, 0.25) is 0 Å². The van der Waals surface area contributed by atoms with Gasteiger partial charge in [0.25, 0.3) is 11.8 Å². The monoisotopic (exact) mass is 322 g/mol. The zero-order chi connectivity index (χ0) is 15.9. The lowest BCUT2D eigenvalue weighted by Gasteiger charge is -2.06. The minimum atomic E-state index is -0.864. The molecule has 1 fully saturated rings. The maximum atomic E-state index is 11.9. The maximum absolute atomic E-state index is 11.9. The SMILES string of the molecule is O=C(O)CSCCNC(=O)c1ccc(C(=O)NC2CC2)cc1. The largest absolute Gasteiger partial charge is 0.481 e. The van der Waals surface area contributed by atoms with E-state index in [2.05, 4.69) is 10.6 Å². The summed E-state index contributed by atoms with van der Waals surface area (Å²) in [6.45, 7) is 0.403. The minimum Gasteiger partial charge on any atom is -0.481 e. The van der Waals surface area contributed by atoms with Crippen molar-refractivity contribution in [1.29, 1.82) is 0 Å². The molecule has 2 rings (SSSR count). The van der Waals surface area contributed by atoms with Gasteiger partial charge in [0, 0.05) is 29.5 Å². The number of carbonyl (C=O) groups is 3. The molecule has 0 unspecified atom stereocenters. The third-order valence-electron chi connectivity index (χ3n) is 3.08. The van der Waals surface area contributed by atoms with Crippen molar-refractivity contribution in [2.24, 2.45) is 0 Å². The molecule has 2 amide bonds. The third-order valence-corrected chi connectivity index (χ3v) is 4.02. The predicted molar refractivity (Wildman–Crippen MR) is 84.2 cm³/mol. The van der Waals surface area contributed by atoms with E-state index in [1.54, 1.807) is 24.3 Å². The summed E-state index contributed by atoms with van der Waals surface area (Å²) in [5.74, 6) is -0.637. The quantitative estimate of drug-likeness (QED) is 0.624. The molecule has 0 aliphatic heterocycles. The van der Waals surface area contributed by atoms with E-state index in [4.69, 9.17) is 5.11 Å². The van der Waals surface area contributed by atoms with Crippen LogP contribution in [0, 0.1) is 0 Å². The molecule has 0 bridgehead atoms. The van der Waals surface area contributed by atoms with Crippen LogP contribution in [0.2, 0.25) is 0 Å². The van der Waals surface area contributed by atoms with Crippen LogP contribution in [-0.4, -0.2) is 47.0 Å². The zero-order valence-corrected chi connectivity index (χ0v) is 12.8. The van der Waals surface area contributed by atoms with Crippen molar-refractivity contribution in [1.82, 2.24) is 10.6 Å². The molecule has 0 saturated heterocycles. The highest BCUT2D eigenvalue weighted by Gasteiger charge is 2.23. The molecule has 1 saturated carbocycles.